The molecular weight excluding hydrogens is 254 g/mol. The van der Waals surface area contributed by atoms with E-state index in [4.69, 9.17) is 16.7 Å². The van der Waals surface area contributed by atoms with Crippen LogP contribution in [0.15, 0.2) is 41.2 Å². The van der Waals surface area contributed by atoms with Gasteiger partial charge in [0.25, 0.3) is 0 Å². The Labute approximate surface area is 108 Å². The summed E-state index contributed by atoms with van der Waals surface area (Å²) < 4.78 is 0. The summed E-state index contributed by atoms with van der Waals surface area (Å²) in [6.07, 6.45) is 0.318. The Morgan fingerprint density at radius 1 is 1.28 bits per heavy atom. The van der Waals surface area contributed by atoms with Crippen LogP contribution in [0.5, 0.6) is 0 Å². The molecule has 1 aromatic heterocycles. The molecule has 0 aliphatic rings. The minimum Gasteiger partial charge on any atom is -0.478 e. The van der Waals surface area contributed by atoms with E-state index in [1.54, 1.807) is 18.2 Å². The summed E-state index contributed by atoms with van der Waals surface area (Å²) in [7, 11) is 0. The van der Waals surface area contributed by atoms with Crippen LogP contribution in [0.3, 0.4) is 0 Å². The van der Waals surface area contributed by atoms with Gasteiger partial charge in [0.05, 0.1) is 5.56 Å². The van der Waals surface area contributed by atoms with Crippen LogP contribution in [0.1, 0.15) is 21.6 Å². The van der Waals surface area contributed by atoms with Gasteiger partial charge in [0, 0.05) is 23.2 Å². The van der Waals surface area contributed by atoms with Crippen LogP contribution in [0.2, 0.25) is 5.02 Å². The third-order valence-electron chi connectivity index (χ3n) is 2.50. The molecule has 2 aromatic rings. The number of nitrogens with one attached hydrogen (secondary N) is 1. The topological polar surface area (TPSA) is 70.2 Å². The lowest BCUT2D eigenvalue weighted by Gasteiger charge is -2.06. The molecule has 1 aromatic carbocycles. The Bertz CT molecular complexity index is 649. The number of H-pyrrole nitrogens is 1. The maximum absolute atomic E-state index is 11.2. The van der Waals surface area contributed by atoms with E-state index in [-0.39, 0.29) is 11.1 Å². The summed E-state index contributed by atoms with van der Waals surface area (Å²) in [4.78, 5) is 24.8. The van der Waals surface area contributed by atoms with E-state index in [0.29, 0.717) is 17.1 Å². The first-order valence-electron chi connectivity index (χ1n) is 5.26. The Hall–Kier alpha value is -2.07. The lowest BCUT2D eigenvalue weighted by atomic mass is 10.1. The third kappa shape index (κ3) is 2.78. The average molecular weight is 264 g/mol. The van der Waals surface area contributed by atoms with Gasteiger partial charge < -0.3 is 10.1 Å². The number of rotatable bonds is 3. The molecule has 5 heteroatoms. The van der Waals surface area contributed by atoms with Crippen LogP contribution in [-0.4, -0.2) is 16.1 Å². The van der Waals surface area contributed by atoms with Crippen molar-refractivity contribution in [3.8, 4) is 0 Å². The van der Waals surface area contributed by atoms with Gasteiger partial charge in [-0.3, -0.25) is 4.79 Å². The standard InChI is InChI=1S/C13H10ClNO3/c14-9-3-1-2-8(6-9)7-11-10(13(17)18)4-5-12(16)15-11/h1-6H,7H2,(H,15,16)(H,17,18). The van der Waals surface area contributed by atoms with Crippen LogP contribution in [0.25, 0.3) is 0 Å². The summed E-state index contributed by atoms with van der Waals surface area (Å²) in [5.74, 6) is -1.07. The molecule has 0 amide bonds. The number of carboxylic acids is 1. The van der Waals surface area contributed by atoms with Crippen molar-refractivity contribution in [1.29, 1.82) is 0 Å². The summed E-state index contributed by atoms with van der Waals surface area (Å²) >= 11 is 5.86. The van der Waals surface area contributed by atoms with E-state index in [2.05, 4.69) is 4.98 Å². The number of aromatic carboxylic acids is 1. The van der Waals surface area contributed by atoms with Gasteiger partial charge in [-0.25, -0.2) is 4.79 Å². The fourth-order valence-corrected chi connectivity index (χ4v) is 1.92. The van der Waals surface area contributed by atoms with Gasteiger partial charge in [0.15, 0.2) is 0 Å². The van der Waals surface area contributed by atoms with Crippen molar-refractivity contribution < 1.29 is 9.90 Å². The highest BCUT2D eigenvalue weighted by molar-refractivity contribution is 6.30. The van der Waals surface area contributed by atoms with E-state index in [1.165, 1.54) is 12.1 Å². The number of hydrogen-bond donors (Lipinski definition) is 2. The number of aromatic nitrogens is 1. The predicted octanol–water partition coefficient (Wildman–Crippen LogP) is 2.32. The van der Waals surface area contributed by atoms with E-state index in [1.807, 2.05) is 6.07 Å². The second-order valence-electron chi connectivity index (χ2n) is 3.83. The summed E-state index contributed by atoms with van der Waals surface area (Å²) in [6, 6.07) is 9.57. The Morgan fingerprint density at radius 2 is 2.06 bits per heavy atom. The number of carbonyl (C=O) groups is 1. The lowest BCUT2D eigenvalue weighted by molar-refractivity contribution is 0.0695. The maximum atomic E-state index is 11.2. The van der Waals surface area contributed by atoms with Gasteiger partial charge in [-0.2, -0.15) is 0 Å². The van der Waals surface area contributed by atoms with Gasteiger partial charge in [0.2, 0.25) is 5.56 Å². The first-order chi connectivity index (χ1) is 8.56. The van der Waals surface area contributed by atoms with E-state index in [9.17, 15) is 9.59 Å². The normalized spacial score (nSPS) is 10.3. The number of pyridine rings is 1. The third-order valence-corrected chi connectivity index (χ3v) is 2.74. The highest BCUT2D eigenvalue weighted by Gasteiger charge is 2.11. The van der Waals surface area contributed by atoms with E-state index < -0.39 is 5.97 Å². The Kier molecular flexibility index (Phi) is 3.48. The second-order valence-corrected chi connectivity index (χ2v) is 4.26. The number of benzene rings is 1. The van der Waals surface area contributed by atoms with E-state index in [0.717, 1.165) is 5.56 Å². The molecule has 1 heterocycles. The SMILES string of the molecule is O=C(O)c1ccc(=O)[nH]c1Cc1cccc(Cl)c1. The molecule has 0 spiro atoms. The molecule has 0 aliphatic heterocycles. The van der Waals surface area contributed by atoms with Crippen molar-refractivity contribution in [2.75, 3.05) is 0 Å². The quantitative estimate of drug-likeness (QED) is 0.893. The zero-order chi connectivity index (χ0) is 13.1. The second kappa shape index (κ2) is 5.06. The molecule has 0 fully saturated rings. The van der Waals surface area contributed by atoms with Crippen LogP contribution in [0.4, 0.5) is 0 Å². The maximum Gasteiger partial charge on any atom is 0.337 e. The number of hydrogen-bond acceptors (Lipinski definition) is 2. The van der Waals surface area contributed by atoms with Crippen LogP contribution < -0.4 is 5.56 Å². The van der Waals surface area contributed by atoms with Crippen LogP contribution >= 0.6 is 11.6 Å². The molecular formula is C13H10ClNO3. The van der Waals surface area contributed by atoms with Crippen LogP contribution in [0, 0.1) is 0 Å². The molecule has 0 unspecified atom stereocenters. The van der Waals surface area contributed by atoms with Gasteiger partial charge in [-0.15, -0.1) is 0 Å². The van der Waals surface area contributed by atoms with Gasteiger partial charge in [0.1, 0.15) is 0 Å². The largest absolute Gasteiger partial charge is 0.478 e. The van der Waals surface area contributed by atoms with Gasteiger partial charge >= 0.3 is 5.97 Å². The van der Waals surface area contributed by atoms with Crippen molar-refractivity contribution in [2.45, 2.75) is 6.42 Å². The lowest BCUT2D eigenvalue weighted by Crippen LogP contribution is -2.13. The minimum atomic E-state index is -1.07. The first-order valence-corrected chi connectivity index (χ1v) is 5.64. The van der Waals surface area contributed by atoms with Crippen molar-refractivity contribution in [3.05, 3.63) is 68.6 Å². The molecule has 0 bridgehead atoms. The van der Waals surface area contributed by atoms with Crippen molar-refractivity contribution in [3.63, 3.8) is 0 Å². The smallest absolute Gasteiger partial charge is 0.337 e. The van der Waals surface area contributed by atoms with Crippen LogP contribution in [-0.2, 0) is 6.42 Å². The fraction of sp³-hybridized carbons (Fsp3) is 0.0769. The number of halogens is 1. The zero-order valence-electron chi connectivity index (χ0n) is 9.31. The van der Waals surface area contributed by atoms with Gasteiger partial charge in [-0.05, 0) is 23.8 Å². The molecule has 0 atom stereocenters. The fourth-order valence-electron chi connectivity index (χ4n) is 1.71. The number of aromatic amines is 1. The molecule has 92 valence electrons. The number of carboxylic acid groups (broad SMARTS) is 1. The summed E-state index contributed by atoms with van der Waals surface area (Å²) in [5, 5.41) is 9.61. The zero-order valence-corrected chi connectivity index (χ0v) is 10.1. The highest BCUT2D eigenvalue weighted by atomic mass is 35.5. The summed E-state index contributed by atoms with van der Waals surface area (Å²) in [5.41, 5.74) is 0.982. The summed E-state index contributed by atoms with van der Waals surface area (Å²) in [6.45, 7) is 0. The van der Waals surface area contributed by atoms with E-state index >= 15 is 0 Å². The highest BCUT2D eigenvalue weighted by Crippen LogP contribution is 2.15. The average Bonchev–Trinajstić information content (AvgIpc) is 2.28. The first kappa shape index (κ1) is 12.4. The minimum absolute atomic E-state index is 0.0922. The van der Waals surface area contributed by atoms with Gasteiger partial charge in [-0.1, -0.05) is 23.7 Å². The molecule has 2 rings (SSSR count). The molecule has 4 nitrogen and oxygen atoms in total. The van der Waals surface area contributed by atoms with Crippen molar-refractivity contribution in [1.82, 2.24) is 4.98 Å². The predicted molar refractivity (Wildman–Crippen MR) is 68.3 cm³/mol. The molecule has 0 saturated heterocycles. The molecule has 0 aliphatic carbocycles. The molecule has 18 heavy (non-hydrogen) atoms. The Morgan fingerprint density at radius 3 is 2.72 bits per heavy atom. The molecule has 2 N–H and O–H groups in total. The Balaban J connectivity index is 2.42. The molecule has 0 radical (unpaired) electrons. The monoisotopic (exact) mass is 263 g/mol. The van der Waals surface area contributed by atoms with Crippen molar-refractivity contribution in [2.24, 2.45) is 0 Å². The molecule has 0 saturated carbocycles. The van der Waals surface area contributed by atoms with Crippen molar-refractivity contribution >= 4 is 17.6 Å².